The number of pyridine rings is 1. The monoisotopic (exact) mass is 256 g/mol. The maximum Gasteiger partial charge on any atom is 0.148 e. The van der Waals surface area contributed by atoms with Gasteiger partial charge in [0.2, 0.25) is 0 Å². The summed E-state index contributed by atoms with van der Waals surface area (Å²) >= 11 is 0. The molecule has 0 aromatic carbocycles. The molecule has 1 aliphatic carbocycles. The predicted octanol–water partition coefficient (Wildman–Crippen LogP) is 3.01. The molecule has 1 aliphatic rings. The molecule has 0 N–H and O–H groups in total. The highest BCUT2D eigenvalue weighted by molar-refractivity contribution is 5.37. The summed E-state index contributed by atoms with van der Waals surface area (Å²) in [5.41, 5.74) is 2.24. The summed E-state index contributed by atoms with van der Waals surface area (Å²) < 4.78 is 2.00. The first-order valence-corrected chi connectivity index (χ1v) is 7.07. The molecule has 4 nitrogen and oxygen atoms in total. The highest BCUT2D eigenvalue weighted by Crippen LogP contribution is 2.28. The third-order valence-corrected chi connectivity index (χ3v) is 3.94. The van der Waals surface area contributed by atoms with Gasteiger partial charge in [-0.25, -0.2) is 9.67 Å². The van der Waals surface area contributed by atoms with E-state index in [9.17, 15) is 0 Å². The average molecular weight is 256 g/mol. The standard InChI is InChI=1S/C15H20N4/c1-11-10-16-8-7-14(11)19-15(17-12(2)18-19)9-13-5-3-4-6-13/h7-8,10,13H,3-6,9H2,1-2H3. The van der Waals surface area contributed by atoms with Crippen molar-refractivity contribution in [3.8, 4) is 5.69 Å². The van der Waals surface area contributed by atoms with E-state index in [2.05, 4.69) is 22.0 Å². The molecule has 2 aromatic rings. The van der Waals surface area contributed by atoms with Gasteiger partial charge in [0.25, 0.3) is 0 Å². The van der Waals surface area contributed by atoms with Crippen LogP contribution >= 0.6 is 0 Å². The molecular weight excluding hydrogens is 236 g/mol. The molecule has 1 saturated carbocycles. The summed E-state index contributed by atoms with van der Waals surface area (Å²) in [5, 5.41) is 4.56. The number of aryl methyl sites for hydroxylation is 2. The number of rotatable bonds is 3. The highest BCUT2D eigenvalue weighted by atomic mass is 15.3. The third kappa shape index (κ3) is 2.53. The minimum Gasteiger partial charge on any atom is -0.264 e. The van der Waals surface area contributed by atoms with Crippen LogP contribution in [0.4, 0.5) is 0 Å². The second-order valence-corrected chi connectivity index (χ2v) is 5.50. The van der Waals surface area contributed by atoms with Crippen LogP contribution in [-0.4, -0.2) is 19.7 Å². The van der Waals surface area contributed by atoms with E-state index in [1.165, 1.54) is 25.7 Å². The van der Waals surface area contributed by atoms with Gasteiger partial charge in [-0.05, 0) is 31.4 Å². The first-order chi connectivity index (χ1) is 9.24. The van der Waals surface area contributed by atoms with E-state index in [4.69, 9.17) is 0 Å². The fourth-order valence-corrected chi connectivity index (χ4v) is 2.96. The quantitative estimate of drug-likeness (QED) is 0.848. The van der Waals surface area contributed by atoms with E-state index in [-0.39, 0.29) is 0 Å². The molecule has 3 rings (SSSR count). The van der Waals surface area contributed by atoms with Crippen LogP contribution in [-0.2, 0) is 6.42 Å². The van der Waals surface area contributed by atoms with Gasteiger partial charge < -0.3 is 0 Å². The van der Waals surface area contributed by atoms with Crippen molar-refractivity contribution in [3.63, 3.8) is 0 Å². The fourth-order valence-electron chi connectivity index (χ4n) is 2.96. The molecular formula is C15H20N4. The second kappa shape index (κ2) is 5.11. The molecule has 100 valence electrons. The zero-order valence-electron chi connectivity index (χ0n) is 11.6. The summed E-state index contributed by atoms with van der Waals surface area (Å²) in [4.78, 5) is 8.77. The van der Waals surface area contributed by atoms with E-state index in [0.29, 0.717) is 0 Å². The molecule has 0 atom stereocenters. The van der Waals surface area contributed by atoms with Crippen molar-refractivity contribution in [3.05, 3.63) is 35.7 Å². The minimum atomic E-state index is 0.782. The molecule has 0 amide bonds. The first kappa shape index (κ1) is 12.3. The van der Waals surface area contributed by atoms with Crippen LogP contribution in [0.5, 0.6) is 0 Å². The van der Waals surface area contributed by atoms with Crippen molar-refractivity contribution in [1.82, 2.24) is 19.7 Å². The molecule has 0 bridgehead atoms. The number of hydrogen-bond acceptors (Lipinski definition) is 3. The van der Waals surface area contributed by atoms with Crippen LogP contribution in [0.3, 0.4) is 0 Å². The Morgan fingerprint density at radius 2 is 2.05 bits per heavy atom. The zero-order valence-corrected chi connectivity index (χ0v) is 11.6. The minimum absolute atomic E-state index is 0.782. The molecule has 19 heavy (non-hydrogen) atoms. The van der Waals surface area contributed by atoms with Gasteiger partial charge in [0, 0.05) is 18.8 Å². The molecule has 0 saturated heterocycles. The maximum absolute atomic E-state index is 4.62. The van der Waals surface area contributed by atoms with Gasteiger partial charge in [-0.15, -0.1) is 0 Å². The van der Waals surface area contributed by atoms with Gasteiger partial charge in [-0.1, -0.05) is 25.7 Å². The van der Waals surface area contributed by atoms with E-state index < -0.39 is 0 Å². The van der Waals surface area contributed by atoms with Crippen molar-refractivity contribution in [2.45, 2.75) is 46.0 Å². The molecule has 0 radical (unpaired) electrons. The van der Waals surface area contributed by atoms with Gasteiger partial charge in [-0.3, -0.25) is 4.98 Å². The van der Waals surface area contributed by atoms with Gasteiger partial charge in [0.15, 0.2) is 0 Å². The van der Waals surface area contributed by atoms with Crippen LogP contribution < -0.4 is 0 Å². The Balaban J connectivity index is 1.94. The Morgan fingerprint density at radius 3 is 2.79 bits per heavy atom. The summed E-state index contributed by atoms with van der Waals surface area (Å²) in [6.07, 6.45) is 10.1. The molecule has 2 aromatic heterocycles. The lowest BCUT2D eigenvalue weighted by Gasteiger charge is -2.11. The van der Waals surface area contributed by atoms with Crippen molar-refractivity contribution in [1.29, 1.82) is 0 Å². The lowest BCUT2D eigenvalue weighted by Crippen LogP contribution is -2.09. The van der Waals surface area contributed by atoms with Crippen molar-refractivity contribution < 1.29 is 0 Å². The smallest absolute Gasteiger partial charge is 0.148 e. The van der Waals surface area contributed by atoms with Crippen LogP contribution in [0.2, 0.25) is 0 Å². The number of aromatic nitrogens is 4. The largest absolute Gasteiger partial charge is 0.264 e. The van der Waals surface area contributed by atoms with Crippen LogP contribution in [0.25, 0.3) is 5.69 Å². The Bertz CT molecular complexity index is 567. The van der Waals surface area contributed by atoms with Gasteiger partial charge in [-0.2, -0.15) is 5.10 Å². The van der Waals surface area contributed by atoms with E-state index in [0.717, 1.165) is 35.2 Å². The van der Waals surface area contributed by atoms with Crippen LogP contribution in [0, 0.1) is 19.8 Å². The topological polar surface area (TPSA) is 43.6 Å². The molecule has 0 aliphatic heterocycles. The Hall–Kier alpha value is -1.71. The summed E-state index contributed by atoms with van der Waals surface area (Å²) in [6.45, 7) is 4.03. The normalized spacial score (nSPS) is 16.1. The molecule has 0 spiro atoms. The Kier molecular flexibility index (Phi) is 3.32. The lowest BCUT2D eigenvalue weighted by molar-refractivity contribution is 0.522. The summed E-state index contributed by atoms with van der Waals surface area (Å²) in [5.74, 6) is 2.73. The van der Waals surface area contributed by atoms with E-state index in [1.54, 1.807) is 0 Å². The van der Waals surface area contributed by atoms with Crippen molar-refractivity contribution in [2.75, 3.05) is 0 Å². The summed E-state index contributed by atoms with van der Waals surface area (Å²) in [6, 6.07) is 2.02. The van der Waals surface area contributed by atoms with Crippen molar-refractivity contribution in [2.24, 2.45) is 5.92 Å². The van der Waals surface area contributed by atoms with E-state index >= 15 is 0 Å². The fraction of sp³-hybridized carbons (Fsp3) is 0.533. The molecule has 1 fully saturated rings. The average Bonchev–Trinajstić information content (AvgIpc) is 3.01. The maximum atomic E-state index is 4.62. The third-order valence-electron chi connectivity index (χ3n) is 3.94. The van der Waals surface area contributed by atoms with Crippen molar-refractivity contribution >= 4 is 0 Å². The molecule has 4 heteroatoms. The molecule has 2 heterocycles. The predicted molar refractivity (Wildman–Crippen MR) is 74.3 cm³/mol. The highest BCUT2D eigenvalue weighted by Gasteiger charge is 2.20. The summed E-state index contributed by atoms with van der Waals surface area (Å²) in [7, 11) is 0. The SMILES string of the molecule is Cc1nc(CC2CCCC2)n(-c2ccncc2C)n1. The van der Waals surface area contributed by atoms with Gasteiger partial charge >= 0.3 is 0 Å². The first-order valence-electron chi connectivity index (χ1n) is 7.07. The number of nitrogens with zero attached hydrogens (tertiary/aromatic N) is 4. The zero-order chi connectivity index (χ0) is 13.2. The Labute approximate surface area is 113 Å². The van der Waals surface area contributed by atoms with Crippen LogP contribution in [0.1, 0.15) is 42.9 Å². The van der Waals surface area contributed by atoms with Gasteiger partial charge in [0.05, 0.1) is 5.69 Å². The Morgan fingerprint density at radius 1 is 1.26 bits per heavy atom. The molecule has 0 unspecified atom stereocenters. The van der Waals surface area contributed by atoms with Gasteiger partial charge in [0.1, 0.15) is 11.6 Å². The lowest BCUT2D eigenvalue weighted by atomic mass is 10.0. The van der Waals surface area contributed by atoms with Crippen LogP contribution in [0.15, 0.2) is 18.5 Å². The second-order valence-electron chi connectivity index (χ2n) is 5.50. The number of hydrogen-bond donors (Lipinski definition) is 0. The van der Waals surface area contributed by atoms with E-state index in [1.807, 2.05) is 30.1 Å².